The largest absolute Gasteiger partial charge is 0.397 e. The Kier molecular flexibility index (Phi) is 5.44. The molecule has 0 fully saturated rings. The van der Waals surface area contributed by atoms with Crippen LogP contribution in [0.5, 0.6) is 0 Å². The van der Waals surface area contributed by atoms with E-state index in [0.717, 1.165) is 13.0 Å². The van der Waals surface area contributed by atoms with Crippen LogP contribution in [0.4, 0.5) is 5.69 Å². The molecule has 3 N–H and O–H groups in total. The van der Waals surface area contributed by atoms with Crippen molar-refractivity contribution in [3.05, 3.63) is 28.8 Å². The third-order valence-electron chi connectivity index (χ3n) is 2.68. The van der Waals surface area contributed by atoms with Crippen LogP contribution in [0.3, 0.4) is 0 Å². The van der Waals surface area contributed by atoms with Gasteiger partial charge in [0, 0.05) is 6.04 Å². The molecule has 0 aliphatic carbocycles. The molecule has 18 heavy (non-hydrogen) atoms. The van der Waals surface area contributed by atoms with E-state index in [1.54, 1.807) is 18.2 Å². The number of benzene rings is 1. The van der Waals surface area contributed by atoms with Crippen molar-refractivity contribution in [2.75, 3.05) is 26.4 Å². The lowest BCUT2D eigenvalue weighted by Crippen LogP contribution is -2.35. The van der Waals surface area contributed by atoms with Crippen LogP contribution in [0.1, 0.15) is 23.7 Å². The minimum absolute atomic E-state index is 0.0956. The van der Waals surface area contributed by atoms with E-state index in [1.165, 1.54) is 0 Å². The van der Waals surface area contributed by atoms with E-state index in [1.807, 2.05) is 21.0 Å². The highest BCUT2D eigenvalue weighted by molar-refractivity contribution is 6.33. The van der Waals surface area contributed by atoms with Gasteiger partial charge in [0.15, 0.2) is 0 Å². The number of rotatable bonds is 5. The lowest BCUT2D eigenvalue weighted by atomic mass is 10.1. The van der Waals surface area contributed by atoms with E-state index in [4.69, 9.17) is 17.3 Å². The van der Waals surface area contributed by atoms with Gasteiger partial charge in [-0.3, -0.25) is 4.79 Å². The first-order valence-corrected chi connectivity index (χ1v) is 6.29. The maximum atomic E-state index is 12.0. The Morgan fingerprint density at radius 1 is 1.50 bits per heavy atom. The van der Waals surface area contributed by atoms with Crippen LogP contribution in [0.2, 0.25) is 5.02 Å². The van der Waals surface area contributed by atoms with Crippen molar-refractivity contribution < 1.29 is 4.79 Å². The average molecular weight is 270 g/mol. The molecule has 1 aromatic carbocycles. The summed E-state index contributed by atoms with van der Waals surface area (Å²) in [7, 11) is 4.01. The van der Waals surface area contributed by atoms with Crippen LogP contribution in [-0.4, -0.2) is 37.5 Å². The van der Waals surface area contributed by atoms with E-state index in [9.17, 15) is 4.79 Å². The number of amides is 1. The standard InChI is InChI=1S/C13H20ClN3O/c1-9(7-8-17(2)3)16-13(18)10-5-4-6-11(14)12(10)15/h4-6,9H,7-8,15H2,1-3H3,(H,16,18). The Bertz CT molecular complexity index is 421. The third-order valence-corrected chi connectivity index (χ3v) is 3.01. The summed E-state index contributed by atoms with van der Waals surface area (Å²) >= 11 is 5.89. The highest BCUT2D eigenvalue weighted by Crippen LogP contribution is 2.22. The molecule has 1 aromatic rings. The Balaban J connectivity index is 2.62. The number of nitrogens with one attached hydrogen (secondary N) is 1. The summed E-state index contributed by atoms with van der Waals surface area (Å²) in [6.07, 6.45) is 0.888. The van der Waals surface area contributed by atoms with Gasteiger partial charge in [0.25, 0.3) is 5.91 Å². The van der Waals surface area contributed by atoms with E-state index >= 15 is 0 Å². The Morgan fingerprint density at radius 2 is 2.17 bits per heavy atom. The number of nitrogens with zero attached hydrogens (tertiary/aromatic N) is 1. The van der Waals surface area contributed by atoms with E-state index in [-0.39, 0.29) is 11.9 Å². The predicted molar refractivity (Wildman–Crippen MR) is 76.0 cm³/mol. The maximum absolute atomic E-state index is 12.0. The Hall–Kier alpha value is -1.26. The van der Waals surface area contributed by atoms with Crippen molar-refractivity contribution in [3.8, 4) is 0 Å². The van der Waals surface area contributed by atoms with Gasteiger partial charge in [-0.2, -0.15) is 0 Å². The van der Waals surface area contributed by atoms with Crippen molar-refractivity contribution >= 4 is 23.2 Å². The highest BCUT2D eigenvalue weighted by atomic mass is 35.5. The van der Waals surface area contributed by atoms with Crippen LogP contribution >= 0.6 is 11.6 Å². The normalized spacial score (nSPS) is 12.5. The molecule has 1 amide bonds. The molecule has 4 nitrogen and oxygen atoms in total. The van der Waals surface area contributed by atoms with Crippen molar-refractivity contribution in [1.29, 1.82) is 0 Å². The van der Waals surface area contributed by atoms with Crippen molar-refractivity contribution in [1.82, 2.24) is 10.2 Å². The SMILES string of the molecule is CC(CCN(C)C)NC(=O)c1cccc(Cl)c1N. The number of hydrogen-bond acceptors (Lipinski definition) is 3. The van der Waals surface area contributed by atoms with Gasteiger partial charge in [-0.1, -0.05) is 17.7 Å². The molecule has 0 aliphatic heterocycles. The molecular formula is C13H20ClN3O. The third kappa shape index (κ3) is 4.20. The van der Waals surface area contributed by atoms with Gasteiger partial charge in [0.05, 0.1) is 16.3 Å². The van der Waals surface area contributed by atoms with Crippen LogP contribution in [-0.2, 0) is 0 Å². The van der Waals surface area contributed by atoms with Gasteiger partial charge >= 0.3 is 0 Å². The zero-order valence-corrected chi connectivity index (χ0v) is 11.8. The van der Waals surface area contributed by atoms with Crippen LogP contribution in [0.15, 0.2) is 18.2 Å². The fourth-order valence-corrected chi connectivity index (χ4v) is 1.74. The fraction of sp³-hybridized carbons (Fsp3) is 0.462. The summed E-state index contributed by atoms with van der Waals surface area (Å²) in [4.78, 5) is 14.1. The molecule has 1 unspecified atom stereocenters. The topological polar surface area (TPSA) is 58.4 Å². The zero-order valence-electron chi connectivity index (χ0n) is 11.0. The smallest absolute Gasteiger partial charge is 0.253 e. The van der Waals surface area contributed by atoms with Crippen molar-refractivity contribution in [3.63, 3.8) is 0 Å². The second kappa shape index (κ2) is 6.61. The molecule has 0 saturated heterocycles. The molecule has 1 atom stereocenters. The molecular weight excluding hydrogens is 250 g/mol. The molecule has 0 bridgehead atoms. The van der Waals surface area contributed by atoms with E-state index in [0.29, 0.717) is 16.3 Å². The first-order valence-electron chi connectivity index (χ1n) is 5.91. The summed E-state index contributed by atoms with van der Waals surface area (Å²) in [5, 5.41) is 3.32. The molecule has 100 valence electrons. The molecule has 0 aromatic heterocycles. The first-order chi connectivity index (χ1) is 8.41. The molecule has 1 rings (SSSR count). The van der Waals surface area contributed by atoms with E-state index < -0.39 is 0 Å². The van der Waals surface area contributed by atoms with Crippen LogP contribution < -0.4 is 11.1 Å². The molecule has 0 heterocycles. The van der Waals surface area contributed by atoms with Gasteiger partial charge in [-0.15, -0.1) is 0 Å². The van der Waals surface area contributed by atoms with Gasteiger partial charge in [-0.25, -0.2) is 0 Å². The van der Waals surface area contributed by atoms with Gasteiger partial charge in [-0.05, 0) is 46.1 Å². The molecule has 0 aliphatic rings. The summed E-state index contributed by atoms with van der Waals surface area (Å²) in [6.45, 7) is 2.90. The Labute approximate surface area is 113 Å². The summed E-state index contributed by atoms with van der Waals surface area (Å²) < 4.78 is 0. The molecule has 0 radical (unpaired) electrons. The summed E-state index contributed by atoms with van der Waals surface area (Å²) in [6, 6.07) is 5.16. The number of anilines is 1. The second-order valence-electron chi connectivity index (χ2n) is 4.67. The monoisotopic (exact) mass is 269 g/mol. The minimum atomic E-state index is -0.179. The number of carbonyl (C=O) groups is 1. The van der Waals surface area contributed by atoms with Gasteiger partial charge in [0.2, 0.25) is 0 Å². The summed E-state index contributed by atoms with van der Waals surface area (Å²) in [5.74, 6) is -0.179. The molecule has 5 heteroatoms. The van der Waals surface area contributed by atoms with E-state index in [2.05, 4.69) is 10.2 Å². The van der Waals surface area contributed by atoms with Gasteiger partial charge < -0.3 is 16.0 Å². The van der Waals surface area contributed by atoms with Gasteiger partial charge in [0.1, 0.15) is 0 Å². The zero-order chi connectivity index (χ0) is 13.7. The number of nitrogen functional groups attached to an aromatic ring is 1. The quantitative estimate of drug-likeness (QED) is 0.804. The van der Waals surface area contributed by atoms with Crippen LogP contribution in [0.25, 0.3) is 0 Å². The lowest BCUT2D eigenvalue weighted by Gasteiger charge is -2.17. The van der Waals surface area contributed by atoms with Crippen molar-refractivity contribution in [2.45, 2.75) is 19.4 Å². The lowest BCUT2D eigenvalue weighted by molar-refractivity contribution is 0.0937. The molecule has 0 saturated carbocycles. The number of carbonyl (C=O) groups excluding carboxylic acids is 1. The summed E-state index contributed by atoms with van der Waals surface area (Å²) in [5.41, 5.74) is 6.54. The van der Waals surface area contributed by atoms with Crippen LogP contribution in [0, 0.1) is 0 Å². The Morgan fingerprint density at radius 3 is 2.78 bits per heavy atom. The average Bonchev–Trinajstić information content (AvgIpc) is 2.30. The highest BCUT2D eigenvalue weighted by Gasteiger charge is 2.14. The predicted octanol–water partition coefficient (Wildman–Crippen LogP) is 1.99. The first kappa shape index (κ1) is 14.8. The number of hydrogen-bond donors (Lipinski definition) is 2. The maximum Gasteiger partial charge on any atom is 0.253 e. The number of halogens is 1. The second-order valence-corrected chi connectivity index (χ2v) is 5.07. The minimum Gasteiger partial charge on any atom is -0.397 e. The van der Waals surface area contributed by atoms with Crippen molar-refractivity contribution in [2.24, 2.45) is 0 Å². The molecule has 0 spiro atoms. The number of para-hydroxylation sites is 1. The fourth-order valence-electron chi connectivity index (χ4n) is 1.56. The number of nitrogens with two attached hydrogens (primary N) is 1.